The average molecular weight is 264 g/mol. The normalized spacial score (nSPS) is 12.6. The van der Waals surface area contributed by atoms with Crippen LogP contribution in [0.5, 0.6) is 0 Å². The van der Waals surface area contributed by atoms with Crippen molar-refractivity contribution in [1.29, 1.82) is 0 Å². The van der Waals surface area contributed by atoms with Crippen molar-refractivity contribution in [2.24, 2.45) is 0 Å². The Labute approximate surface area is 112 Å². The van der Waals surface area contributed by atoms with E-state index in [0.717, 1.165) is 29.8 Å². The van der Waals surface area contributed by atoms with Crippen molar-refractivity contribution in [3.63, 3.8) is 0 Å². The zero-order valence-corrected chi connectivity index (χ0v) is 11.5. The first-order valence-electron chi connectivity index (χ1n) is 6.45. The highest BCUT2D eigenvalue weighted by Gasteiger charge is 2.11. The second-order valence-corrected chi connectivity index (χ2v) is 4.46. The molecule has 2 heterocycles. The van der Waals surface area contributed by atoms with Gasteiger partial charge in [-0.05, 0) is 13.3 Å². The number of aromatic amines is 1. The molecule has 0 saturated carbocycles. The number of rotatable bonds is 7. The lowest BCUT2D eigenvalue weighted by molar-refractivity contribution is 0.190. The van der Waals surface area contributed by atoms with E-state index < -0.39 is 0 Å². The molecule has 19 heavy (non-hydrogen) atoms. The first-order valence-corrected chi connectivity index (χ1v) is 6.45. The van der Waals surface area contributed by atoms with Crippen LogP contribution in [0.25, 0.3) is 11.0 Å². The molecule has 0 saturated heterocycles. The van der Waals surface area contributed by atoms with E-state index in [1.807, 2.05) is 6.92 Å². The maximum absolute atomic E-state index is 5.12. The van der Waals surface area contributed by atoms with E-state index in [0.29, 0.717) is 12.6 Å². The Kier molecular flexibility index (Phi) is 4.51. The van der Waals surface area contributed by atoms with Crippen molar-refractivity contribution in [3.05, 3.63) is 6.20 Å². The Bertz CT molecular complexity index is 526. The lowest BCUT2D eigenvalue weighted by Crippen LogP contribution is -2.22. The molecule has 0 aliphatic rings. The van der Waals surface area contributed by atoms with Crippen LogP contribution in [0.1, 0.15) is 20.3 Å². The van der Waals surface area contributed by atoms with E-state index in [2.05, 4.69) is 37.7 Å². The molecule has 0 bridgehead atoms. The van der Waals surface area contributed by atoms with Crippen LogP contribution >= 0.6 is 0 Å². The summed E-state index contributed by atoms with van der Waals surface area (Å²) in [5.74, 6) is 1.37. The Balaban J connectivity index is 2.25. The maximum atomic E-state index is 5.12. The third-order valence-electron chi connectivity index (χ3n) is 2.64. The zero-order chi connectivity index (χ0) is 13.7. The molecule has 2 aromatic rings. The molecule has 0 aliphatic heterocycles. The highest BCUT2D eigenvalue weighted by Crippen LogP contribution is 2.20. The molecule has 2 rings (SSSR count). The Morgan fingerprint density at radius 2 is 2.26 bits per heavy atom. The van der Waals surface area contributed by atoms with E-state index in [1.165, 1.54) is 0 Å². The number of methoxy groups -OCH3 is 1. The van der Waals surface area contributed by atoms with Gasteiger partial charge in [0, 0.05) is 19.7 Å². The van der Waals surface area contributed by atoms with Crippen LogP contribution in [0.15, 0.2) is 6.20 Å². The first-order chi connectivity index (χ1) is 9.24. The number of anilines is 2. The minimum Gasteiger partial charge on any atom is -0.383 e. The highest BCUT2D eigenvalue weighted by atomic mass is 16.5. The van der Waals surface area contributed by atoms with Crippen molar-refractivity contribution in [2.75, 3.05) is 30.9 Å². The largest absolute Gasteiger partial charge is 0.383 e. The van der Waals surface area contributed by atoms with Gasteiger partial charge in [-0.25, -0.2) is 0 Å². The number of H-pyrrole nitrogens is 1. The van der Waals surface area contributed by atoms with Crippen LogP contribution < -0.4 is 10.6 Å². The second kappa shape index (κ2) is 6.33. The summed E-state index contributed by atoms with van der Waals surface area (Å²) in [6.45, 7) is 5.59. The van der Waals surface area contributed by atoms with E-state index in [9.17, 15) is 0 Å². The van der Waals surface area contributed by atoms with Gasteiger partial charge in [0.25, 0.3) is 0 Å². The zero-order valence-electron chi connectivity index (χ0n) is 11.5. The predicted molar refractivity (Wildman–Crippen MR) is 75.4 cm³/mol. The van der Waals surface area contributed by atoms with Crippen LogP contribution in [0.4, 0.5) is 11.8 Å². The fourth-order valence-corrected chi connectivity index (χ4v) is 1.79. The standard InChI is InChI=1S/C12H20N6O/c1-4-5-13-12-16-10(15-8(2)7-19-3)9-6-14-18-11(9)17-12/h6,8H,4-5,7H2,1-3H3,(H3,13,14,15,16,17,18). The number of ether oxygens (including phenoxy) is 1. The summed E-state index contributed by atoms with van der Waals surface area (Å²) in [5.41, 5.74) is 0.723. The Morgan fingerprint density at radius 3 is 3.00 bits per heavy atom. The third-order valence-corrected chi connectivity index (χ3v) is 2.64. The van der Waals surface area contributed by atoms with Gasteiger partial charge in [0.15, 0.2) is 5.65 Å². The van der Waals surface area contributed by atoms with Gasteiger partial charge in [-0.2, -0.15) is 15.1 Å². The number of nitrogens with zero attached hydrogens (tertiary/aromatic N) is 3. The van der Waals surface area contributed by atoms with E-state index >= 15 is 0 Å². The third kappa shape index (κ3) is 3.31. The molecular formula is C12H20N6O. The molecule has 2 aromatic heterocycles. The van der Waals surface area contributed by atoms with Crippen LogP contribution in [0.3, 0.4) is 0 Å². The van der Waals surface area contributed by atoms with Gasteiger partial charge < -0.3 is 15.4 Å². The molecule has 1 unspecified atom stereocenters. The van der Waals surface area contributed by atoms with Gasteiger partial charge in [0.1, 0.15) is 5.82 Å². The summed E-state index contributed by atoms with van der Waals surface area (Å²) >= 11 is 0. The molecule has 0 fully saturated rings. The predicted octanol–water partition coefficient (Wildman–Crippen LogP) is 1.62. The van der Waals surface area contributed by atoms with Gasteiger partial charge >= 0.3 is 0 Å². The second-order valence-electron chi connectivity index (χ2n) is 4.46. The molecule has 0 amide bonds. The number of nitrogens with one attached hydrogen (secondary N) is 3. The van der Waals surface area contributed by atoms with Crippen LogP contribution in [-0.4, -0.2) is 46.5 Å². The summed E-state index contributed by atoms with van der Waals surface area (Å²) in [4.78, 5) is 8.86. The fraction of sp³-hybridized carbons (Fsp3) is 0.583. The average Bonchev–Trinajstić information content (AvgIpc) is 2.85. The molecule has 7 heteroatoms. The minimum atomic E-state index is 0.164. The molecule has 1 atom stereocenters. The van der Waals surface area contributed by atoms with Crippen molar-refractivity contribution in [2.45, 2.75) is 26.3 Å². The summed E-state index contributed by atoms with van der Waals surface area (Å²) in [6.07, 6.45) is 2.74. The Hall–Kier alpha value is -1.89. The SMILES string of the molecule is CCCNc1nc(NC(C)COC)c2cn[nH]c2n1. The van der Waals surface area contributed by atoms with Crippen LogP contribution in [0.2, 0.25) is 0 Å². The molecule has 0 spiro atoms. The van der Waals surface area contributed by atoms with Gasteiger partial charge in [-0.15, -0.1) is 0 Å². The van der Waals surface area contributed by atoms with E-state index in [-0.39, 0.29) is 6.04 Å². The highest BCUT2D eigenvalue weighted by molar-refractivity contribution is 5.87. The fourth-order valence-electron chi connectivity index (χ4n) is 1.79. The molecule has 0 radical (unpaired) electrons. The number of aromatic nitrogens is 4. The minimum absolute atomic E-state index is 0.164. The lowest BCUT2D eigenvalue weighted by atomic mass is 10.3. The van der Waals surface area contributed by atoms with Gasteiger partial charge in [0.05, 0.1) is 18.2 Å². The van der Waals surface area contributed by atoms with Gasteiger partial charge in [-0.1, -0.05) is 6.92 Å². The van der Waals surface area contributed by atoms with E-state index in [1.54, 1.807) is 13.3 Å². The molecule has 0 aliphatic carbocycles. The molecule has 7 nitrogen and oxygen atoms in total. The van der Waals surface area contributed by atoms with Crippen molar-refractivity contribution in [1.82, 2.24) is 20.2 Å². The van der Waals surface area contributed by atoms with Crippen LogP contribution in [-0.2, 0) is 4.74 Å². The van der Waals surface area contributed by atoms with Crippen molar-refractivity contribution in [3.8, 4) is 0 Å². The van der Waals surface area contributed by atoms with Crippen LogP contribution in [0, 0.1) is 0 Å². The van der Waals surface area contributed by atoms with Gasteiger partial charge in [0.2, 0.25) is 5.95 Å². The quantitative estimate of drug-likeness (QED) is 0.704. The van der Waals surface area contributed by atoms with Crippen molar-refractivity contribution < 1.29 is 4.74 Å². The number of fused-ring (bicyclic) bond motifs is 1. The maximum Gasteiger partial charge on any atom is 0.226 e. The summed E-state index contributed by atoms with van der Waals surface area (Å²) in [6, 6.07) is 0.164. The van der Waals surface area contributed by atoms with Crippen molar-refractivity contribution >= 4 is 22.8 Å². The first kappa shape index (κ1) is 13.5. The van der Waals surface area contributed by atoms with Gasteiger partial charge in [-0.3, -0.25) is 5.10 Å². The lowest BCUT2D eigenvalue weighted by Gasteiger charge is -2.14. The molecule has 0 aromatic carbocycles. The summed E-state index contributed by atoms with van der Waals surface area (Å²) in [5, 5.41) is 14.3. The topological polar surface area (TPSA) is 87.8 Å². The Morgan fingerprint density at radius 1 is 1.42 bits per heavy atom. The number of hydrogen-bond donors (Lipinski definition) is 3. The molecule has 104 valence electrons. The summed E-state index contributed by atoms with van der Waals surface area (Å²) in [7, 11) is 1.68. The smallest absolute Gasteiger partial charge is 0.226 e. The van der Waals surface area contributed by atoms with E-state index in [4.69, 9.17) is 4.74 Å². The summed E-state index contributed by atoms with van der Waals surface area (Å²) < 4.78 is 5.12. The monoisotopic (exact) mass is 264 g/mol. The molecular weight excluding hydrogens is 244 g/mol. The number of hydrogen-bond acceptors (Lipinski definition) is 6. The molecule has 3 N–H and O–H groups in total.